The number of rotatable bonds is 5. The van der Waals surface area contributed by atoms with Gasteiger partial charge in [0.25, 0.3) is 0 Å². The summed E-state index contributed by atoms with van der Waals surface area (Å²) in [4.78, 5) is 47.3. The van der Waals surface area contributed by atoms with Gasteiger partial charge in [0.1, 0.15) is 12.6 Å². The highest BCUT2D eigenvalue weighted by atomic mass is 16.6. The number of esters is 2. The van der Waals surface area contributed by atoms with Crippen LogP contribution < -0.4 is 16.5 Å². The average molecular weight is 350 g/mol. The minimum absolute atomic E-state index is 0.0853. The molecule has 10 nitrogen and oxygen atoms in total. The lowest BCUT2D eigenvalue weighted by Crippen LogP contribution is -2.45. The smallest absolute Gasteiger partial charge is 0.335 e. The lowest BCUT2D eigenvalue weighted by Gasteiger charge is -2.21. The molecule has 0 radical (unpaired) electrons. The molecule has 134 valence electrons. The van der Waals surface area contributed by atoms with Gasteiger partial charge in [0.2, 0.25) is 0 Å². The second-order valence-electron chi connectivity index (χ2n) is 5.47. The third-order valence-corrected chi connectivity index (χ3v) is 3.74. The number of carboxylic acid groups (broad SMARTS) is 1. The number of urea groups is 1. The monoisotopic (exact) mass is 350 g/mol. The Morgan fingerprint density at radius 3 is 2.60 bits per heavy atom. The van der Waals surface area contributed by atoms with E-state index in [4.69, 9.17) is 21.4 Å². The van der Waals surface area contributed by atoms with Crippen LogP contribution in [0.4, 0.5) is 10.5 Å². The number of amides is 2. The third kappa shape index (κ3) is 4.52. The molecular formula is C15H18N4O6. The van der Waals surface area contributed by atoms with E-state index in [1.165, 1.54) is 29.3 Å². The van der Waals surface area contributed by atoms with Crippen LogP contribution in [-0.2, 0) is 14.3 Å². The first-order valence-electron chi connectivity index (χ1n) is 7.45. The summed E-state index contributed by atoms with van der Waals surface area (Å²) in [5.41, 5.74) is 5.25. The molecular weight excluding hydrogens is 332 g/mol. The number of primary amides is 1. The van der Waals surface area contributed by atoms with Gasteiger partial charge in [-0.2, -0.15) is 0 Å². The fourth-order valence-corrected chi connectivity index (χ4v) is 2.49. The van der Waals surface area contributed by atoms with Crippen molar-refractivity contribution in [2.45, 2.75) is 18.9 Å². The van der Waals surface area contributed by atoms with Gasteiger partial charge in [0, 0.05) is 12.2 Å². The maximum Gasteiger partial charge on any atom is 0.335 e. The fraction of sp³-hybridized carbons (Fsp3) is 0.333. The maximum absolute atomic E-state index is 12.0. The predicted octanol–water partition coefficient (Wildman–Crippen LogP) is -0.322. The highest BCUT2D eigenvalue weighted by molar-refractivity contribution is 5.99. The van der Waals surface area contributed by atoms with Crippen LogP contribution in [0.15, 0.2) is 24.3 Å². The summed E-state index contributed by atoms with van der Waals surface area (Å²) in [5.74, 6) is 2.63. The number of hydrogen-bond acceptors (Lipinski definition) is 7. The lowest BCUT2D eigenvalue weighted by atomic mass is 10.2. The van der Waals surface area contributed by atoms with Gasteiger partial charge in [-0.3, -0.25) is 10.7 Å². The van der Waals surface area contributed by atoms with Gasteiger partial charge in [0.05, 0.1) is 5.56 Å². The molecule has 0 aromatic heterocycles. The summed E-state index contributed by atoms with van der Waals surface area (Å²) in [6.07, 6.45) is 1.18. The van der Waals surface area contributed by atoms with Crippen molar-refractivity contribution < 1.29 is 29.0 Å². The molecule has 0 spiro atoms. The summed E-state index contributed by atoms with van der Waals surface area (Å²) in [6.45, 7) is -0.120. The quantitative estimate of drug-likeness (QED) is 0.370. The van der Waals surface area contributed by atoms with Crippen molar-refractivity contribution >= 4 is 29.6 Å². The number of carbonyl (C=O) groups is 4. The SMILES string of the molecule is NC(=O)N(CC(=O)OC(=O)C1CCCN1N)c1cccc(C(=O)O)c1. The molecule has 1 aliphatic heterocycles. The summed E-state index contributed by atoms with van der Waals surface area (Å²) in [6, 6.07) is 3.61. The van der Waals surface area contributed by atoms with Crippen molar-refractivity contribution in [3.8, 4) is 0 Å². The van der Waals surface area contributed by atoms with E-state index in [0.717, 1.165) is 4.90 Å². The first-order chi connectivity index (χ1) is 11.8. The van der Waals surface area contributed by atoms with Crippen LogP contribution in [-0.4, -0.2) is 53.2 Å². The molecule has 1 saturated heterocycles. The molecule has 25 heavy (non-hydrogen) atoms. The van der Waals surface area contributed by atoms with Crippen molar-refractivity contribution in [2.75, 3.05) is 18.0 Å². The second-order valence-corrected chi connectivity index (χ2v) is 5.47. The highest BCUT2D eigenvalue weighted by Gasteiger charge is 2.32. The van der Waals surface area contributed by atoms with E-state index in [2.05, 4.69) is 0 Å². The largest absolute Gasteiger partial charge is 0.478 e. The van der Waals surface area contributed by atoms with Crippen LogP contribution in [0.2, 0.25) is 0 Å². The van der Waals surface area contributed by atoms with E-state index in [0.29, 0.717) is 19.4 Å². The van der Waals surface area contributed by atoms with Gasteiger partial charge in [-0.15, -0.1) is 0 Å². The van der Waals surface area contributed by atoms with Gasteiger partial charge in [0.15, 0.2) is 0 Å². The van der Waals surface area contributed by atoms with Crippen molar-refractivity contribution in [3.05, 3.63) is 29.8 Å². The summed E-state index contributed by atoms with van der Waals surface area (Å²) < 4.78 is 4.72. The molecule has 1 heterocycles. The first-order valence-corrected chi connectivity index (χ1v) is 7.45. The van der Waals surface area contributed by atoms with Crippen molar-refractivity contribution in [2.24, 2.45) is 11.6 Å². The highest BCUT2D eigenvalue weighted by Crippen LogP contribution is 2.17. The Labute approximate surface area is 142 Å². The van der Waals surface area contributed by atoms with Crippen LogP contribution in [0.25, 0.3) is 0 Å². The zero-order valence-corrected chi connectivity index (χ0v) is 13.3. The van der Waals surface area contributed by atoms with Gasteiger partial charge in [-0.05, 0) is 31.0 Å². The van der Waals surface area contributed by atoms with Gasteiger partial charge in [-0.25, -0.2) is 24.2 Å². The number of ether oxygens (including phenoxy) is 1. The Kier molecular flexibility index (Phi) is 5.67. The number of aromatic carboxylic acids is 1. The second kappa shape index (κ2) is 7.73. The van der Waals surface area contributed by atoms with E-state index < -0.39 is 36.5 Å². The van der Waals surface area contributed by atoms with Gasteiger partial charge < -0.3 is 15.6 Å². The van der Waals surface area contributed by atoms with Crippen LogP contribution in [0.1, 0.15) is 23.2 Å². The number of nitrogens with two attached hydrogens (primary N) is 2. The van der Waals surface area contributed by atoms with E-state index >= 15 is 0 Å². The van der Waals surface area contributed by atoms with Crippen molar-refractivity contribution in [3.63, 3.8) is 0 Å². The zero-order chi connectivity index (χ0) is 18.6. The molecule has 0 saturated carbocycles. The molecule has 1 unspecified atom stereocenters. The summed E-state index contributed by atoms with van der Waals surface area (Å²) >= 11 is 0. The molecule has 0 aliphatic carbocycles. The van der Waals surface area contributed by atoms with E-state index in [1.807, 2.05) is 0 Å². The average Bonchev–Trinajstić information content (AvgIpc) is 2.98. The molecule has 1 aliphatic rings. The fourth-order valence-electron chi connectivity index (χ4n) is 2.49. The number of hydrogen-bond donors (Lipinski definition) is 3. The van der Waals surface area contributed by atoms with Crippen LogP contribution in [0, 0.1) is 0 Å². The Hall–Kier alpha value is -2.98. The first kappa shape index (κ1) is 18.4. The molecule has 10 heteroatoms. The van der Waals surface area contributed by atoms with Gasteiger partial charge in [-0.1, -0.05) is 6.07 Å². The molecule has 1 aromatic carbocycles. The minimum atomic E-state index is -1.20. The summed E-state index contributed by atoms with van der Waals surface area (Å²) in [7, 11) is 0. The van der Waals surface area contributed by atoms with E-state index in [1.54, 1.807) is 0 Å². The zero-order valence-electron chi connectivity index (χ0n) is 13.3. The Morgan fingerprint density at radius 2 is 2.04 bits per heavy atom. The van der Waals surface area contributed by atoms with E-state index in [-0.39, 0.29) is 11.3 Å². The van der Waals surface area contributed by atoms with Crippen molar-refractivity contribution in [1.82, 2.24) is 5.01 Å². The van der Waals surface area contributed by atoms with Gasteiger partial charge >= 0.3 is 23.9 Å². The number of carbonyl (C=O) groups excluding carboxylic acids is 3. The van der Waals surface area contributed by atoms with Crippen molar-refractivity contribution in [1.29, 1.82) is 0 Å². The number of carboxylic acids is 1. The standard InChI is InChI=1S/C15H18N4O6/c16-15(24)18(10-4-1-3-9(7-10)13(21)22)8-12(20)25-14(23)11-5-2-6-19(11)17/h1,3-4,7,11H,2,5-6,8,17H2,(H2,16,24)(H,21,22). The molecule has 0 bridgehead atoms. The maximum atomic E-state index is 12.0. The Morgan fingerprint density at radius 1 is 1.32 bits per heavy atom. The number of hydrazine groups is 1. The molecule has 1 aromatic rings. The Balaban J connectivity index is 2.07. The van der Waals surface area contributed by atoms with Crippen LogP contribution >= 0.6 is 0 Å². The lowest BCUT2D eigenvalue weighted by molar-refractivity contribution is -0.161. The number of benzene rings is 1. The molecule has 1 atom stereocenters. The number of anilines is 1. The van der Waals surface area contributed by atoms with Crippen LogP contribution in [0.3, 0.4) is 0 Å². The molecule has 5 N–H and O–H groups in total. The summed E-state index contributed by atoms with van der Waals surface area (Å²) in [5, 5.41) is 10.3. The Bertz CT molecular complexity index is 707. The van der Waals surface area contributed by atoms with E-state index in [9.17, 15) is 19.2 Å². The normalized spacial score (nSPS) is 17.1. The molecule has 2 rings (SSSR count). The molecule has 2 amide bonds. The minimum Gasteiger partial charge on any atom is -0.478 e. The van der Waals surface area contributed by atoms with Crippen LogP contribution in [0.5, 0.6) is 0 Å². The number of nitrogens with zero attached hydrogens (tertiary/aromatic N) is 2. The molecule has 1 fully saturated rings. The topological polar surface area (TPSA) is 156 Å². The third-order valence-electron chi connectivity index (χ3n) is 3.74. The predicted molar refractivity (Wildman–Crippen MR) is 85.3 cm³/mol.